The second kappa shape index (κ2) is 10.4. The Kier molecular flexibility index (Phi) is 7.31. The van der Waals surface area contributed by atoms with Crippen LogP contribution in [-0.4, -0.2) is 31.5 Å². The first-order chi connectivity index (χ1) is 18.1. The number of nitrogens with one attached hydrogen (secondary N) is 1. The van der Waals surface area contributed by atoms with Crippen molar-refractivity contribution in [2.45, 2.75) is 58.9 Å². The maximum absolute atomic E-state index is 13.9. The van der Waals surface area contributed by atoms with Gasteiger partial charge < -0.3 is 5.32 Å². The number of rotatable bonds is 7. The fourth-order valence-electron chi connectivity index (χ4n) is 4.62. The summed E-state index contributed by atoms with van der Waals surface area (Å²) < 4.78 is 16.9. The van der Waals surface area contributed by atoms with E-state index in [1.807, 2.05) is 23.7 Å². The van der Waals surface area contributed by atoms with E-state index in [0.717, 1.165) is 44.4 Å². The zero-order valence-electron chi connectivity index (χ0n) is 21.7. The molecule has 4 aromatic rings. The van der Waals surface area contributed by atoms with Gasteiger partial charge >= 0.3 is 0 Å². The summed E-state index contributed by atoms with van der Waals surface area (Å²) in [6.07, 6.45) is 4.30. The van der Waals surface area contributed by atoms with Crippen LogP contribution in [0.5, 0.6) is 0 Å². The van der Waals surface area contributed by atoms with Crippen LogP contribution in [0, 0.1) is 33.3 Å². The lowest BCUT2D eigenvalue weighted by atomic mass is 9.88. The summed E-state index contributed by atoms with van der Waals surface area (Å²) in [5, 5.41) is 23.6. The standard InChI is InChI=1S/C28H28ClFIN7/c1-15-19(7-8-23(30)35-15)20(26-27(31)38(37-36-26)18-5-6-18)9-16-10-21-24(34-14-28(2,3)4)17(12-32)13-33-25(21)22(29)11-16/h7-8,10-11,13,18,20H,5-6,9,14H2,1-4H3,(H,33,34)/t20-/m0/s1. The van der Waals surface area contributed by atoms with E-state index >= 15 is 0 Å². The second-order valence-electron chi connectivity index (χ2n) is 11.1. The Bertz CT molecular complexity index is 1570. The average Bonchev–Trinajstić information content (AvgIpc) is 3.62. The summed E-state index contributed by atoms with van der Waals surface area (Å²) >= 11 is 9.07. The van der Waals surface area contributed by atoms with E-state index in [-0.39, 0.29) is 11.3 Å². The van der Waals surface area contributed by atoms with E-state index in [9.17, 15) is 9.65 Å². The number of benzene rings is 1. The van der Waals surface area contributed by atoms with E-state index < -0.39 is 5.95 Å². The second-order valence-corrected chi connectivity index (χ2v) is 12.5. The van der Waals surface area contributed by atoms with E-state index in [1.165, 1.54) is 6.07 Å². The normalized spacial score (nSPS) is 14.5. The number of halogens is 3. The molecule has 1 aromatic carbocycles. The molecule has 1 fully saturated rings. The van der Waals surface area contributed by atoms with Gasteiger partial charge in [0.25, 0.3) is 0 Å². The van der Waals surface area contributed by atoms with Gasteiger partial charge in [-0.15, -0.1) is 5.10 Å². The summed E-state index contributed by atoms with van der Waals surface area (Å²) in [6.45, 7) is 8.89. The van der Waals surface area contributed by atoms with Crippen LogP contribution in [0.2, 0.25) is 5.02 Å². The van der Waals surface area contributed by atoms with E-state index in [0.29, 0.717) is 40.8 Å². The fourth-order valence-corrected chi connectivity index (χ4v) is 5.89. The molecule has 0 aliphatic heterocycles. The molecule has 10 heteroatoms. The highest BCUT2D eigenvalue weighted by molar-refractivity contribution is 14.1. The summed E-state index contributed by atoms with van der Waals surface area (Å²) in [4.78, 5) is 8.58. The van der Waals surface area contributed by atoms with Gasteiger partial charge in [0.2, 0.25) is 5.95 Å². The van der Waals surface area contributed by atoms with Gasteiger partial charge in [-0.2, -0.15) is 9.65 Å². The molecule has 0 unspecified atom stereocenters. The van der Waals surface area contributed by atoms with Crippen LogP contribution in [0.4, 0.5) is 10.1 Å². The Morgan fingerprint density at radius 3 is 2.71 bits per heavy atom. The predicted octanol–water partition coefficient (Wildman–Crippen LogP) is 6.97. The molecule has 3 aromatic heterocycles. The molecular weight excluding hydrogens is 616 g/mol. The molecule has 1 atom stereocenters. The predicted molar refractivity (Wildman–Crippen MR) is 155 cm³/mol. The number of aromatic nitrogens is 5. The monoisotopic (exact) mass is 643 g/mol. The number of anilines is 1. The van der Waals surface area contributed by atoms with Crippen molar-refractivity contribution in [3.05, 3.63) is 73.2 Å². The number of pyridine rings is 2. The van der Waals surface area contributed by atoms with Crippen molar-refractivity contribution in [3.63, 3.8) is 0 Å². The molecule has 0 spiro atoms. The maximum Gasteiger partial charge on any atom is 0.213 e. The Balaban J connectivity index is 1.62. The zero-order chi connectivity index (χ0) is 27.2. The van der Waals surface area contributed by atoms with E-state index in [4.69, 9.17) is 11.6 Å². The molecule has 0 saturated heterocycles. The van der Waals surface area contributed by atoms with Crippen LogP contribution in [0.3, 0.4) is 0 Å². The summed E-state index contributed by atoms with van der Waals surface area (Å²) in [5.74, 6) is -0.728. The Morgan fingerprint density at radius 2 is 2.05 bits per heavy atom. The fraction of sp³-hybridized carbons (Fsp3) is 0.393. The van der Waals surface area contributed by atoms with Crippen molar-refractivity contribution < 1.29 is 4.39 Å². The van der Waals surface area contributed by atoms with Gasteiger partial charge in [-0.05, 0) is 83.5 Å². The van der Waals surface area contributed by atoms with Gasteiger partial charge in [-0.3, -0.25) is 4.98 Å². The third-order valence-corrected chi connectivity index (χ3v) is 8.03. The minimum absolute atomic E-state index is 0.00595. The maximum atomic E-state index is 13.9. The average molecular weight is 644 g/mol. The van der Waals surface area contributed by atoms with Crippen LogP contribution in [0.15, 0.2) is 30.5 Å². The van der Waals surface area contributed by atoms with Gasteiger partial charge in [-0.25, -0.2) is 9.67 Å². The molecule has 0 amide bonds. The van der Waals surface area contributed by atoms with Crippen LogP contribution in [-0.2, 0) is 6.42 Å². The topological polar surface area (TPSA) is 92.3 Å². The van der Waals surface area contributed by atoms with Gasteiger partial charge in [0.05, 0.1) is 27.8 Å². The molecular formula is C28H28ClFIN7. The largest absolute Gasteiger partial charge is 0.383 e. The van der Waals surface area contributed by atoms with Gasteiger partial charge in [-0.1, -0.05) is 43.7 Å². The molecule has 0 bridgehead atoms. The van der Waals surface area contributed by atoms with E-state index in [2.05, 4.69) is 75.0 Å². The van der Waals surface area contributed by atoms with Crippen molar-refractivity contribution in [3.8, 4) is 6.07 Å². The summed E-state index contributed by atoms with van der Waals surface area (Å²) in [6, 6.07) is 9.77. The first kappa shape index (κ1) is 26.8. The number of hydrogen-bond acceptors (Lipinski definition) is 6. The van der Waals surface area contributed by atoms with Gasteiger partial charge in [0.15, 0.2) is 0 Å². The van der Waals surface area contributed by atoms with E-state index in [1.54, 1.807) is 12.3 Å². The first-order valence-electron chi connectivity index (χ1n) is 12.5. The molecule has 5 rings (SSSR count). The van der Waals surface area contributed by atoms with Crippen molar-refractivity contribution >= 4 is 50.8 Å². The van der Waals surface area contributed by atoms with Crippen molar-refractivity contribution in [1.29, 1.82) is 5.26 Å². The molecule has 38 heavy (non-hydrogen) atoms. The summed E-state index contributed by atoms with van der Waals surface area (Å²) in [7, 11) is 0. The minimum Gasteiger partial charge on any atom is -0.383 e. The molecule has 0 radical (unpaired) electrons. The first-order valence-corrected chi connectivity index (χ1v) is 14.0. The quantitative estimate of drug-likeness (QED) is 0.173. The Labute approximate surface area is 240 Å². The van der Waals surface area contributed by atoms with Crippen molar-refractivity contribution in [2.24, 2.45) is 5.41 Å². The zero-order valence-corrected chi connectivity index (χ0v) is 24.6. The van der Waals surface area contributed by atoms with Crippen LogP contribution < -0.4 is 5.32 Å². The van der Waals surface area contributed by atoms with Crippen LogP contribution in [0.25, 0.3) is 10.9 Å². The number of hydrogen-bond donors (Lipinski definition) is 1. The Hall–Kier alpha value is -2.84. The third-order valence-electron chi connectivity index (χ3n) is 6.69. The smallest absolute Gasteiger partial charge is 0.213 e. The molecule has 1 N–H and O–H groups in total. The van der Waals surface area contributed by atoms with Crippen molar-refractivity contribution in [2.75, 3.05) is 11.9 Å². The molecule has 1 aliphatic rings. The SMILES string of the molecule is Cc1nc(F)ccc1[C@H](Cc1cc(Cl)c2ncc(C#N)c(NCC(C)(C)C)c2c1)c1nnn(C2CC2)c1I. The summed E-state index contributed by atoms with van der Waals surface area (Å²) in [5.41, 5.74) is 5.11. The number of nitriles is 1. The highest BCUT2D eigenvalue weighted by Crippen LogP contribution is 2.40. The Morgan fingerprint density at radius 1 is 1.29 bits per heavy atom. The third kappa shape index (κ3) is 5.47. The lowest BCUT2D eigenvalue weighted by Crippen LogP contribution is -2.19. The minimum atomic E-state index is -0.514. The molecule has 7 nitrogen and oxygen atoms in total. The number of aryl methyl sites for hydroxylation is 1. The van der Waals surface area contributed by atoms with Gasteiger partial charge in [0, 0.05) is 29.7 Å². The molecule has 3 heterocycles. The lowest BCUT2D eigenvalue weighted by molar-refractivity contribution is 0.443. The molecule has 196 valence electrons. The molecule has 1 aliphatic carbocycles. The van der Waals surface area contributed by atoms with Crippen LogP contribution >= 0.6 is 34.2 Å². The van der Waals surface area contributed by atoms with Gasteiger partial charge in [0.1, 0.15) is 15.5 Å². The number of nitrogens with zero attached hydrogens (tertiary/aromatic N) is 6. The van der Waals surface area contributed by atoms with Crippen LogP contribution in [0.1, 0.15) is 73.7 Å². The highest BCUT2D eigenvalue weighted by atomic mass is 127. The number of fused-ring (bicyclic) bond motifs is 1. The lowest BCUT2D eigenvalue weighted by Gasteiger charge is -2.22. The highest BCUT2D eigenvalue weighted by Gasteiger charge is 2.31. The molecule has 1 saturated carbocycles. The van der Waals surface area contributed by atoms with Crippen molar-refractivity contribution in [1.82, 2.24) is 25.0 Å².